The molecule has 1 N–H and O–H groups in total. The molecule has 17 heavy (non-hydrogen) atoms. The van der Waals surface area contributed by atoms with Gasteiger partial charge < -0.3 is 9.88 Å². The molecule has 1 heterocycles. The number of nitrogens with one attached hydrogen (secondary N) is 1. The summed E-state index contributed by atoms with van der Waals surface area (Å²) >= 11 is 0. The Hall–Kier alpha value is -2.10. The molecule has 0 radical (unpaired) electrons. The normalized spacial score (nSPS) is 10.2. The smallest absolute Gasteiger partial charge is 0.244 e. The average molecular weight is 229 g/mol. The molecule has 0 fully saturated rings. The Balaban J connectivity index is 2.05. The predicted octanol–water partition coefficient (Wildman–Crippen LogP) is 2.14. The van der Waals surface area contributed by atoms with Gasteiger partial charge in [-0.15, -0.1) is 0 Å². The first-order valence-corrected chi connectivity index (χ1v) is 5.48. The van der Waals surface area contributed by atoms with E-state index < -0.39 is 0 Å². The highest BCUT2D eigenvalue weighted by atomic mass is 16.1. The lowest BCUT2D eigenvalue weighted by Gasteiger charge is -2.09. The first-order chi connectivity index (χ1) is 8.15. The number of carbonyl (C=O) groups excluding carboxylic acids is 1. The fourth-order valence-corrected chi connectivity index (χ4v) is 1.61. The van der Waals surface area contributed by atoms with Gasteiger partial charge in [0.15, 0.2) is 0 Å². The molecule has 0 aliphatic heterocycles. The van der Waals surface area contributed by atoms with Crippen molar-refractivity contribution < 1.29 is 4.79 Å². The first-order valence-electron chi connectivity index (χ1n) is 5.48. The lowest BCUT2D eigenvalue weighted by molar-refractivity contribution is -0.116. The molecule has 2 rings (SSSR count). The summed E-state index contributed by atoms with van der Waals surface area (Å²) in [6.07, 6.45) is 5.05. The molecular formula is C13H15N3O. The minimum absolute atomic E-state index is 0.0447. The second-order valence-corrected chi connectivity index (χ2v) is 4.10. The molecule has 1 aromatic heterocycles. The number of imidazole rings is 1. The van der Waals surface area contributed by atoms with Crippen LogP contribution in [0.25, 0.3) is 0 Å². The maximum absolute atomic E-state index is 11.8. The molecule has 4 heteroatoms. The zero-order valence-corrected chi connectivity index (χ0v) is 9.97. The Morgan fingerprint density at radius 1 is 1.41 bits per heavy atom. The van der Waals surface area contributed by atoms with Crippen molar-refractivity contribution in [3.8, 4) is 0 Å². The summed E-state index contributed by atoms with van der Waals surface area (Å²) in [6.45, 7) is 4.27. The summed E-state index contributed by atoms with van der Waals surface area (Å²) < 4.78 is 1.74. The minimum Gasteiger partial charge on any atom is -0.328 e. The number of aromatic nitrogens is 2. The van der Waals surface area contributed by atoms with Crippen LogP contribution >= 0.6 is 0 Å². The van der Waals surface area contributed by atoms with Crippen molar-refractivity contribution in [2.45, 2.75) is 20.4 Å². The Morgan fingerprint density at radius 3 is 2.94 bits per heavy atom. The van der Waals surface area contributed by atoms with E-state index in [0.717, 1.165) is 16.8 Å². The van der Waals surface area contributed by atoms with Crippen LogP contribution in [0.2, 0.25) is 0 Å². The number of amides is 1. The maximum Gasteiger partial charge on any atom is 0.244 e. The van der Waals surface area contributed by atoms with Crippen LogP contribution in [-0.2, 0) is 11.3 Å². The highest BCUT2D eigenvalue weighted by Gasteiger charge is 2.05. The summed E-state index contributed by atoms with van der Waals surface area (Å²) in [5, 5.41) is 2.90. The van der Waals surface area contributed by atoms with Crippen molar-refractivity contribution in [1.29, 1.82) is 0 Å². The summed E-state index contributed by atoms with van der Waals surface area (Å²) in [5.74, 6) is -0.0447. The SMILES string of the molecule is Cc1ccc(C)c(NC(=O)Cn2ccnc2)c1. The van der Waals surface area contributed by atoms with E-state index in [0.29, 0.717) is 0 Å². The van der Waals surface area contributed by atoms with Crippen molar-refractivity contribution in [2.24, 2.45) is 0 Å². The number of hydrogen-bond acceptors (Lipinski definition) is 2. The molecule has 0 atom stereocenters. The van der Waals surface area contributed by atoms with Gasteiger partial charge in [0.05, 0.1) is 6.33 Å². The van der Waals surface area contributed by atoms with Crippen LogP contribution in [0.1, 0.15) is 11.1 Å². The quantitative estimate of drug-likeness (QED) is 0.876. The van der Waals surface area contributed by atoms with E-state index in [1.165, 1.54) is 0 Å². The molecular weight excluding hydrogens is 214 g/mol. The van der Waals surface area contributed by atoms with Gasteiger partial charge in [-0.25, -0.2) is 4.98 Å². The minimum atomic E-state index is -0.0447. The van der Waals surface area contributed by atoms with E-state index in [4.69, 9.17) is 0 Å². The molecule has 1 aromatic carbocycles. The molecule has 2 aromatic rings. The van der Waals surface area contributed by atoms with Crippen LogP contribution in [0.4, 0.5) is 5.69 Å². The van der Waals surface area contributed by atoms with Gasteiger partial charge in [-0.1, -0.05) is 12.1 Å². The van der Waals surface area contributed by atoms with Gasteiger partial charge >= 0.3 is 0 Å². The molecule has 88 valence electrons. The number of anilines is 1. The number of rotatable bonds is 3. The lowest BCUT2D eigenvalue weighted by Crippen LogP contribution is -2.18. The second-order valence-electron chi connectivity index (χ2n) is 4.10. The van der Waals surface area contributed by atoms with Crippen LogP contribution in [0, 0.1) is 13.8 Å². The molecule has 0 aliphatic carbocycles. The van der Waals surface area contributed by atoms with Gasteiger partial charge in [0, 0.05) is 18.1 Å². The fraction of sp³-hybridized carbons (Fsp3) is 0.231. The Morgan fingerprint density at radius 2 is 2.24 bits per heavy atom. The number of hydrogen-bond donors (Lipinski definition) is 1. The third-order valence-corrected chi connectivity index (χ3v) is 2.55. The van der Waals surface area contributed by atoms with Gasteiger partial charge in [-0.2, -0.15) is 0 Å². The Labute approximate surface area is 100 Å². The maximum atomic E-state index is 11.8. The van der Waals surface area contributed by atoms with Crippen molar-refractivity contribution in [3.63, 3.8) is 0 Å². The highest BCUT2D eigenvalue weighted by molar-refractivity contribution is 5.91. The molecule has 0 aliphatic rings. The van der Waals surface area contributed by atoms with Gasteiger partial charge in [-0.3, -0.25) is 4.79 Å². The fourth-order valence-electron chi connectivity index (χ4n) is 1.61. The number of nitrogens with zero attached hydrogens (tertiary/aromatic N) is 2. The topological polar surface area (TPSA) is 46.9 Å². The first kappa shape index (κ1) is 11.4. The molecule has 0 spiro atoms. The van der Waals surface area contributed by atoms with Crippen LogP contribution in [0.15, 0.2) is 36.9 Å². The van der Waals surface area contributed by atoms with Crippen LogP contribution in [0.5, 0.6) is 0 Å². The van der Waals surface area contributed by atoms with Crippen molar-refractivity contribution in [2.75, 3.05) is 5.32 Å². The van der Waals surface area contributed by atoms with E-state index in [2.05, 4.69) is 10.3 Å². The molecule has 0 bridgehead atoms. The van der Waals surface area contributed by atoms with Gasteiger partial charge in [0.2, 0.25) is 5.91 Å². The molecule has 4 nitrogen and oxygen atoms in total. The van der Waals surface area contributed by atoms with Crippen LogP contribution < -0.4 is 5.32 Å². The van der Waals surface area contributed by atoms with Gasteiger partial charge in [0.25, 0.3) is 0 Å². The monoisotopic (exact) mass is 229 g/mol. The van der Waals surface area contributed by atoms with E-state index in [1.807, 2.05) is 32.0 Å². The second kappa shape index (κ2) is 4.82. The summed E-state index contributed by atoms with van der Waals surface area (Å²) in [5.41, 5.74) is 3.07. The van der Waals surface area contributed by atoms with Crippen LogP contribution in [-0.4, -0.2) is 15.5 Å². The van der Waals surface area contributed by atoms with Gasteiger partial charge in [0.1, 0.15) is 6.54 Å². The van der Waals surface area contributed by atoms with E-state index >= 15 is 0 Å². The summed E-state index contributed by atoms with van der Waals surface area (Å²) in [6, 6.07) is 6.00. The van der Waals surface area contributed by atoms with E-state index in [1.54, 1.807) is 23.3 Å². The van der Waals surface area contributed by atoms with E-state index in [9.17, 15) is 4.79 Å². The average Bonchev–Trinajstić information content (AvgIpc) is 2.76. The van der Waals surface area contributed by atoms with Gasteiger partial charge in [-0.05, 0) is 31.0 Å². The summed E-state index contributed by atoms with van der Waals surface area (Å²) in [7, 11) is 0. The molecule has 1 amide bonds. The zero-order chi connectivity index (χ0) is 12.3. The molecule has 0 saturated heterocycles. The lowest BCUT2D eigenvalue weighted by atomic mass is 10.1. The van der Waals surface area contributed by atoms with Crippen molar-refractivity contribution in [1.82, 2.24) is 9.55 Å². The standard InChI is InChI=1S/C13H15N3O/c1-10-3-4-11(2)12(7-10)15-13(17)8-16-6-5-14-9-16/h3-7,9H,8H2,1-2H3,(H,15,17). The largest absolute Gasteiger partial charge is 0.328 e. The summed E-state index contributed by atoms with van der Waals surface area (Å²) in [4.78, 5) is 15.7. The predicted molar refractivity (Wildman–Crippen MR) is 66.8 cm³/mol. The Kier molecular flexibility index (Phi) is 3.23. The molecule has 0 saturated carbocycles. The number of benzene rings is 1. The molecule has 0 unspecified atom stereocenters. The van der Waals surface area contributed by atoms with E-state index in [-0.39, 0.29) is 12.5 Å². The number of aryl methyl sites for hydroxylation is 2. The highest BCUT2D eigenvalue weighted by Crippen LogP contribution is 2.16. The Bertz CT molecular complexity index is 517. The van der Waals surface area contributed by atoms with Crippen LogP contribution in [0.3, 0.4) is 0 Å². The third kappa shape index (κ3) is 2.93. The van der Waals surface area contributed by atoms with Crippen molar-refractivity contribution >= 4 is 11.6 Å². The zero-order valence-electron chi connectivity index (χ0n) is 9.97. The third-order valence-electron chi connectivity index (χ3n) is 2.55. The number of carbonyl (C=O) groups is 1. The van der Waals surface area contributed by atoms with Crippen molar-refractivity contribution in [3.05, 3.63) is 48.0 Å².